The van der Waals surface area contributed by atoms with Crippen LogP contribution >= 0.6 is 0 Å². The monoisotopic (exact) mass is 436 g/mol. The molecule has 30 heavy (non-hydrogen) atoms. The molecule has 10 nitrogen and oxygen atoms in total. The van der Waals surface area contributed by atoms with Gasteiger partial charge in [0.1, 0.15) is 0 Å². The Morgan fingerprint density at radius 1 is 1.00 bits per heavy atom. The molecule has 0 atom stereocenters. The van der Waals surface area contributed by atoms with E-state index in [4.69, 9.17) is 4.74 Å². The molecule has 0 saturated carbocycles. The predicted octanol–water partition coefficient (Wildman–Crippen LogP) is 1.38. The number of phenolic OH excluding ortho intramolecular Hbond substituents is 3. The standard InChI is InChI=1S/C19H20N2O8S/c22-15-9-12(10-16(23)18(15)25)19(26)29-11-17(24)20-13-3-5-14(6-4-13)30(27,28)21-7-1-2-8-21/h3-6,9-10,22-23,25H,1-2,7-8,11H2,(H,20,24). The van der Waals surface area contributed by atoms with Crippen LogP contribution < -0.4 is 5.32 Å². The maximum Gasteiger partial charge on any atom is 0.338 e. The third-order valence-corrected chi connectivity index (χ3v) is 6.39. The van der Waals surface area contributed by atoms with Gasteiger partial charge in [0.05, 0.1) is 10.5 Å². The highest BCUT2D eigenvalue weighted by molar-refractivity contribution is 7.89. The summed E-state index contributed by atoms with van der Waals surface area (Å²) in [5.41, 5.74) is 0.0587. The molecule has 1 aliphatic rings. The van der Waals surface area contributed by atoms with Gasteiger partial charge in [-0.25, -0.2) is 13.2 Å². The maximum absolute atomic E-state index is 12.5. The molecule has 1 heterocycles. The van der Waals surface area contributed by atoms with Crippen LogP contribution in [0.25, 0.3) is 0 Å². The molecule has 160 valence electrons. The number of anilines is 1. The zero-order valence-electron chi connectivity index (χ0n) is 15.7. The number of hydrogen-bond donors (Lipinski definition) is 4. The molecule has 0 bridgehead atoms. The van der Waals surface area contributed by atoms with E-state index in [1.165, 1.54) is 28.6 Å². The highest BCUT2D eigenvalue weighted by atomic mass is 32.2. The molecule has 4 N–H and O–H groups in total. The van der Waals surface area contributed by atoms with Crippen molar-refractivity contribution in [3.8, 4) is 17.2 Å². The second-order valence-electron chi connectivity index (χ2n) is 6.62. The van der Waals surface area contributed by atoms with E-state index in [9.17, 15) is 33.3 Å². The van der Waals surface area contributed by atoms with Gasteiger partial charge in [0.2, 0.25) is 10.0 Å². The first-order valence-corrected chi connectivity index (χ1v) is 10.4. The normalized spacial score (nSPS) is 14.4. The van der Waals surface area contributed by atoms with Crippen molar-refractivity contribution in [2.45, 2.75) is 17.7 Å². The number of benzene rings is 2. The van der Waals surface area contributed by atoms with Crippen molar-refractivity contribution in [3.63, 3.8) is 0 Å². The quantitative estimate of drug-likeness (QED) is 0.391. The van der Waals surface area contributed by atoms with E-state index < -0.39 is 45.8 Å². The smallest absolute Gasteiger partial charge is 0.338 e. The Morgan fingerprint density at radius 2 is 1.57 bits per heavy atom. The second-order valence-corrected chi connectivity index (χ2v) is 8.56. The molecule has 1 aliphatic heterocycles. The van der Waals surface area contributed by atoms with Crippen molar-refractivity contribution in [2.75, 3.05) is 25.0 Å². The zero-order valence-corrected chi connectivity index (χ0v) is 16.6. The predicted molar refractivity (Wildman–Crippen MR) is 105 cm³/mol. The van der Waals surface area contributed by atoms with E-state index >= 15 is 0 Å². The molecular formula is C19H20N2O8S. The van der Waals surface area contributed by atoms with Crippen LogP contribution in [0.5, 0.6) is 17.2 Å². The van der Waals surface area contributed by atoms with Gasteiger partial charge < -0.3 is 25.4 Å². The molecule has 0 unspecified atom stereocenters. The Kier molecular flexibility index (Phi) is 6.13. The van der Waals surface area contributed by atoms with Crippen molar-refractivity contribution in [3.05, 3.63) is 42.0 Å². The molecule has 0 aromatic heterocycles. The fourth-order valence-electron chi connectivity index (χ4n) is 2.92. The SMILES string of the molecule is O=C(COC(=O)c1cc(O)c(O)c(O)c1)Nc1ccc(S(=O)(=O)N2CCCC2)cc1. The van der Waals surface area contributed by atoms with E-state index in [0.29, 0.717) is 18.8 Å². The fraction of sp³-hybridized carbons (Fsp3) is 0.263. The summed E-state index contributed by atoms with van der Waals surface area (Å²) in [6.07, 6.45) is 1.66. The maximum atomic E-state index is 12.5. The average molecular weight is 436 g/mol. The second kappa shape index (κ2) is 8.59. The summed E-state index contributed by atoms with van der Waals surface area (Å²) in [6.45, 7) is 0.320. The van der Waals surface area contributed by atoms with Crippen molar-refractivity contribution < 1.29 is 38.1 Å². The van der Waals surface area contributed by atoms with Crippen LogP contribution in [-0.4, -0.2) is 59.6 Å². The van der Waals surface area contributed by atoms with Gasteiger partial charge >= 0.3 is 5.97 Å². The number of ether oxygens (including phenoxy) is 1. The van der Waals surface area contributed by atoms with Crippen molar-refractivity contribution in [2.24, 2.45) is 0 Å². The molecule has 2 aromatic rings. The Hall–Kier alpha value is -3.31. The largest absolute Gasteiger partial charge is 0.504 e. The Balaban J connectivity index is 1.57. The molecule has 0 radical (unpaired) electrons. The molecule has 3 rings (SSSR count). The molecule has 1 fully saturated rings. The van der Waals surface area contributed by atoms with E-state index in [-0.39, 0.29) is 10.5 Å². The highest BCUT2D eigenvalue weighted by Crippen LogP contribution is 2.35. The average Bonchev–Trinajstić information content (AvgIpc) is 3.26. The van der Waals surface area contributed by atoms with Gasteiger partial charge in [-0.1, -0.05) is 0 Å². The van der Waals surface area contributed by atoms with E-state index in [2.05, 4.69) is 5.32 Å². The number of nitrogens with one attached hydrogen (secondary N) is 1. The third kappa shape index (κ3) is 4.63. The van der Waals surface area contributed by atoms with Crippen LogP contribution in [-0.2, 0) is 19.6 Å². The number of carbonyl (C=O) groups is 2. The van der Waals surface area contributed by atoms with Crippen molar-refractivity contribution in [1.29, 1.82) is 0 Å². The lowest BCUT2D eigenvalue weighted by molar-refractivity contribution is -0.119. The number of rotatable bonds is 6. The summed E-state index contributed by atoms with van der Waals surface area (Å²) < 4.78 is 31.2. The topological polar surface area (TPSA) is 153 Å². The lowest BCUT2D eigenvalue weighted by Gasteiger charge is -2.15. The zero-order chi connectivity index (χ0) is 21.9. The van der Waals surface area contributed by atoms with Crippen LogP contribution in [0.4, 0.5) is 5.69 Å². The molecular weight excluding hydrogens is 416 g/mol. The number of hydrogen-bond acceptors (Lipinski definition) is 8. The van der Waals surface area contributed by atoms with Gasteiger partial charge in [0.25, 0.3) is 5.91 Å². The first-order chi connectivity index (χ1) is 14.2. The molecule has 0 spiro atoms. The lowest BCUT2D eigenvalue weighted by Crippen LogP contribution is -2.27. The lowest BCUT2D eigenvalue weighted by atomic mass is 10.2. The number of carbonyl (C=O) groups excluding carboxylic acids is 2. The number of phenols is 3. The summed E-state index contributed by atoms with van der Waals surface area (Å²) in [4.78, 5) is 24.0. The minimum atomic E-state index is -3.55. The molecule has 11 heteroatoms. The highest BCUT2D eigenvalue weighted by Gasteiger charge is 2.27. The third-order valence-electron chi connectivity index (χ3n) is 4.48. The van der Waals surface area contributed by atoms with Gasteiger partial charge in [-0.2, -0.15) is 4.31 Å². The van der Waals surface area contributed by atoms with Crippen LogP contribution in [0, 0.1) is 0 Å². The van der Waals surface area contributed by atoms with Crippen LogP contribution in [0.1, 0.15) is 23.2 Å². The Morgan fingerprint density at radius 3 is 2.13 bits per heavy atom. The summed E-state index contributed by atoms with van der Waals surface area (Å²) >= 11 is 0. The molecule has 1 amide bonds. The van der Waals surface area contributed by atoms with Crippen molar-refractivity contribution >= 4 is 27.6 Å². The van der Waals surface area contributed by atoms with Gasteiger partial charge in [-0.15, -0.1) is 0 Å². The summed E-state index contributed by atoms with van der Waals surface area (Å²) in [5, 5.41) is 30.6. The number of nitrogens with zero attached hydrogens (tertiary/aromatic N) is 1. The molecule has 0 aliphatic carbocycles. The van der Waals surface area contributed by atoms with Gasteiger partial charge in [-0.3, -0.25) is 4.79 Å². The summed E-state index contributed by atoms with van der Waals surface area (Å²) in [5.74, 6) is -3.88. The minimum Gasteiger partial charge on any atom is -0.504 e. The molecule has 1 saturated heterocycles. The number of sulfonamides is 1. The summed E-state index contributed by atoms with van der Waals surface area (Å²) in [7, 11) is -3.55. The van der Waals surface area contributed by atoms with Crippen molar-refractivity contribution in [1.82, 2.24) is 4.31 Å². The van der Waals surface area contributed by atoms with Gasteiger partial charge in [0.15, 0.2) is 23.9 Å². The first kappa shape index (κ1) is 21.4. The number of amides is 1. The first-order valence-electron chi connectivity index (χ1n) is 9.00. The van der Waals surface area contributed by atoms with E-state index in [1.807, 2.05) is 0 Å². The van der Waals surface area contributed by atoms with Crippen LogP contribution in [0.15, 0.2) is 41.3 Å². The fourth-order valence-corrected chi connectivity index (χ4v) is 4.44. The Bertz CT molecular complexity index is 1040. The minimum absolute atomic E-state index is 0.126. The van der Waals surface area contributed by atoms with Crippen LogP contribution in [0.2, 0.25) is 0 Å². The number of aromatic hydroxyl groups is 3. The van der Waals surface area contributed by atoms with Gasteiger partial charge in [0, 0.05) is 18.8 Å². The number of esters is 1. The van der Waals surface area contributed by atoms with E-state index in [1.54, 1.807) is 0 Å². The van der Waals surface area contributed by atoms with Gasteiger partial charge in [-0.05, 0) is 49.2 Å². The molecule has 2 aromatic carbocycles. The Labute approximate surface area is 172 Å². The van der Waals surface area contributed by atoms with E-state index in [0.717, 1.165) is 25.0 Å². The summed E-state index contributed by atoms with van der Waals surface area (Å²) in [6, 6.07) is 7.40. The van der Waals surface area contributed by atoms with Crippen LogP contribution in [0.3, 0.4) is 0 Å².